The number of allylic oxidation sites excluding steroid dienone is 17. The van der Waals surface area contributed by atoms with Gasteiger partial charge in [0.05, 0.1) is 32.8 Å². The molecule has 0 fully saturated rings. The zero-order chi connectivity index (χ0) is 67.5. The van der Waals surface area contributed by atoms with E-state index in [1.165, 1.54) is 51.4 Å². The van der Waals surface area contributed by atoms with Gasteiger partial charge < -0.3 is 33.8 Å². The summed E-state index contributed by atoms with van der Waals surface area (Å²) in [5.74, 6) is -2.35. The van der Waals surface area contributed by atoms with E-state index < -0.39 is 97.5 Å². The first kappa shape index (κ1) is 87.7. The third kappa shape index (κ3) is 64.4. The fraction of sp³-hybridized carbons (Fsp3) is 0.699. The van der Waals surface area contributed by atoms with Crippen LogP contribution in [0.5, 0.6) is 0 Å². The van der Waals surface area contributed by atoms with Crippen LogP contribution in [0.1, 0.15) is 272 Å². The van der Waals surface area contributed by atoms with E-state index >= 15 is 0 Å². The summed E-state index contributed by atoms with van der Waals surface area (Å²) in [7, 11) is -9.96. The van der Waals surface area contributed by atoms with Crippen LogP contribution in [-0.4, -0.2) is 96.7 Å². The summed E-state index contributed by atoms with van der Waals surface area (Å²) < 4.78 is 68.0. The first-order chi connectivity index (χ1) is 44.7. The number of hydrogen-bond acceptors (Lipinski definition) is 15. The normalized spacial score (nSPS) is 14.7. The van der Waals surface area contributed by atoms with Crippen molar-refractivity contribution in [2.75, 3.05) is 39.6 Å². The van der Waals surface area contributed by atoms with Gasteiger partial charge in [0.15, 0.2) is 12.2 Å². The maximum absolute atomic E-state index is 13.0. The Balaban J connectivity index is 5.41. The molecule has 528 valence electrons. The van der Waals surface area contributed by atoms with Crippen molar-refractivity contribution in [1.82, 2.24) is 0 Å². The fourth-order valence-electron chi connectivity index (χ4n) is 8.93. The Morgan fingerprint density at radius 1 is 0.326 bits per heavy atom. The van der Waals surface area contributed by atoms with E-state index in [1.54, 1.807) is 6.08 Å². The molecule has 0 aromatic rings. The molecule has 0 bridgehead atoms. The Bertz CT molecular complexity index is 2180. The number of rotatable bonds is 65. The zero-order valence-electron chi connectivity index (χ0n) is 57.2. The van der Waals surface area contributed by atoms with Gasteiger partial charge in [0, 0.05) is 19.3 Å². The molecular weight excluding hydrogens is 1210 g/mol. The predicted molar refractivity (Wildman–Crippen MR) is 372 cm³/mol. The standard InChI is InChI=1S/C73H124O17P2/c1-5-9-13-17-21-25-29-31-33-35-39-42-46-50-54-58-71(76)84-64-69(90-73(78)60-56-52-48-44-40-36-34-32-30-26-22-18-14-10-6-2)66-88-92(81,82)86-62-67(74)61-85-91(79,80)87-65-68(89-72(77)59-55-51-47-43-38-28-24-20-16-12-8-4)63-83-70(75)57-53-49-45-41-37-27-23-19-15-11-7-3/h9-10,13-14,19,21-23,25-26,31-34,39,42,50,54,67-69,74H,5-8,11-12,15-18,20,24,27-30,35-38,40-41,43-49,51-53,55-66H2,1-4H3,(H,79,80)(H,81,82)/b13-9-,14-10-,23-19-,25-21-,26-22-,33-31-,34-32-,42-39-,54-50-. The number of carbonyl (C=O) groups is 4. The molecule has 0 aliphatic heterocycles. The highest BCUT2D eigenvalue weighted by Gasteiger charge is 2.30. The summed E-state index contributed by atoms with van der Waals surface area (Å²) in [5, 5.41) is 10.6. The van der Waals surface area contributed by atoms with Crippen molar-refractivity contribution in [3.05, 3.63) is 109 Å². The summed E-state index contributed by atoms with van der Waals surface area (Å²) in [6.07, 6.45) is 67.1. The van der Waals surface area contributed by atoms with Crippen molar-refractivity contribution in [2.45, 2.75) is 290 Å². The molecule has 5 unspecified atom stereocenters. The van der Waals surface area contributed by atoms with Crippen molar-refractivity contribution >= 4 is 39.5 Å². The van der Waals surface area contributed by atoms with Gasteiger partial charge in [-0.05, 0) is 103 Å². The number of unbranched alkanes of at least 4 members (excludes halogenated alkanes) is 22. The van der Waals surface area contributed by atoms with Gasteiger partial charge >= 0.3 is 39.5 Å². The van der Waals surface area contributed by atoms with Crippen LogP contribution in [0.4, 0.5) is 0 Å². The van der Waals surface area contributed by atoms with Crippen LogP contribution in [0.3, 0.4) is 0 Å². The lowest BCUT2D eigenvalue weighted by Crippen LogP contribution is -2.30. The summed E-state index contributed by atoms with van der Waals surface area (Å²) in [4.78, 5) is 72.4. The Morgan fingerprint density at radius 3 is 1.01 bits per heavy atom. The number of phosphoric acid groups is 2. The summed E-state index contributed by atoms with van der Waals surface area (Å²) in [6.45, 7) is 4.43. The summed E-state index contributed by atoms with van der Waals surface area (Å²) >= 11 is 0. The molecule has 5 atom stereocenters. The van der Waals surface area contributed by atoms with Gasteiger partial charge in [-0.1, -0.05) is 253 Å². The molecule has 0 aliphatic rings. The van der Waals surface area contributed by atoms with E-state index in [2.05, 4.69) is 113 Å². The fourth-order valence-corrected chi connectivity index (χ4v) is 10.5. The second-order valence-electron chi connectivity index (χ2n) is 23.1. The third-order valence-corrected chi connectivity index (χ3v) is 16.2. The van der Waals surface area contributed by atoms with Gasteiger partial charge in [0.2, 0.25) is 0 Å². The number of aliphatic hydroxyl groups excluding tert-OH is 1. The van der Waals surface area contributed by atoms with Crippen LogP contribution in [-0.2, 0) is 65.4 Å². The lowest BCUT2D eigenvalue weighted by Gasteiger charge is -2.21. The van der Waals surface area contributed by atoms with Gasteiger partial charge in [-0.25, -0.2) is 9.13 Å². The molecule has 0 aromatic carbocycles. The van der Waals surface area contributed by atoms with Crippen LogP contribution in [0.25, 0.3) is 0 Å². The number of ether oxygens (including phenoxy) is 4. The maximum atomic E-state index is 13.0. The third-order valence-electron chi connectivity index (χ3n) is 14.3. The number of esters is 4. The van der Waals surface area contributed by atoms with Gasteiger partial charge in [-0.2, -0.15) is 0 Å². The second kappa shape index (κ2) is 65.4. The molecule has 17 nitrogen and oxygen atoms in total. The lowest BCUT2D eigenvalue weighted by molar-refractivity contribution is -0.161. The van der Waals surface area contributed by atoms with Crippen LogP contribution in [0.2, 0.25) is 0 Å². The van der Waals surface area contributed by atoms with E-state index in [0.29, 0.717) is 25.7 Å². The molecule has 0 aromatic heterocycles. The van der Waals surface area contributed by atoms with E-state index in [4.69, 9.17) is 37.0 Å². The zero-order valence-corrected chi connectivity index (χ0v) is 59.0. The van der Waals surface area contributed by atoms with Crippen molar-refractivity contribution in [2.24, 2.45) is 0 Å². The monoisotopic (exact) mass is 1330 g/mol. The largest absolute Gasteiger partial charge is 0.472 e. The minimum atomic E-state index is -4.99. The molecule has 0 saturated heterocycles. The van der Waals surface area contributed by atoms with E-state index in [-0.39, 0.29) is 25.7 Å². The molecule has 3 N–H and O–H groups in total. The van der Waals surface area contributed by atoms with E-state index in [1.807, 2.05) is 18.2 Å². The molecule has 0 amide bonds. The molecule has 0 radical (unpaired) electrons. The number of carbonyl (C=O) groups excluding carboxylic acids is 4. The van der Waals surface area contributed by atoms with Crippen LogP contribution >= 0.6 is 15.6 Å². The van der Waals surface area contributed by atoms with Crippen molar-refractivity contribution < 1.29 is 80.2 Å². The Hall–Kier alpha value is -4.28. The molecule has 0 rings (SSSR count). The summed E-state index contributed by atoms with van der Waals surface area (Å²) in [5.41, 5.74) is 0. The molecule has 92 heavy (non-hydrogen) atoms. The maximum Gasteiger partial charge on any atom is 0.472 e. The van der Waals surface area contributed by atoms with Crippen LogP contribution in [0, 0.1) is 0 Å². The first-order valence-corrected chi connectivity index (χ1v) is 38.1. The van der Waals surface area contributed by atoms with Gasteiger partial charge in [0.1, 0.15) is 19.3 Å². The van der Waals surface area contributed by atoms with Crippen molar-refractivity contribution in [3.8, 4) is 0 Å². The highest BCUT2D eigenvalue weighted by atomic mass is 31.2. The SMILES string of the molecule is CC/C=C\C/C=C\C/C=C\C/C=C\C/C=C\CC(=O)OCC(COP(=O)(O)OCC(O)COP(=O)(O)OCC(COC(=O)CCCCCCC/C=C\CCCC)OC(=O)CCCCCCCCCCCCC)OC(=O)CCCCCCC/C=C\C/C=C\C/C=C\CC. The molecule has 19 heteroatoms. The Kier molecular flexibility index (Phi) is 62.3. The molecular formula is C73H124O17P2. The van der Waals surface area contributed by atoms with Gasteiger partial charge in [-0.15, -0.1) is 0 Å². The minimum absolute atomic E-state index is 0.0545. The number of aliphatic hydroxyl groups is 1. The number of hydrogen-bond donors (Lipinski definition) is 3. The lowest BCUT2D eigenvalue weighted by atomic mass is 10.1. The van der Waals surface area contributed by atoms with Gasteiger partial charge in [-0.3, -0.25) is 37.3 Å². The molecule has 0 aliphatic carbocycles. The quantitative estimate of drug-likeness (QED) is 0.0169. The molecule has 0 saturated carbocycles. The first-order valence-electron chi connectivity index (χ1n) is 35.1. The smallest absolute Gasteiger partial charge is 0.462 e. The van der Waals surface area contributed by atoms with E-state index in [9.17, 15) is 43.2 Å². The highest BCUT2D eigenvalue weighted by molar-refractivity contribution is 7.47. The second-order valence-corrected chi connectivity index (χ2v) is 26.0. The van der Waals surface area contributed by atoms with Crippen molar-refractivity contribution in [1.29, 1.82) is 0 Å². The van der Waals surface area contributed by atoms with Crippen LogP contribution < -0.4 is 0 Å². The molecule has 0 heterocycles. The minimum Gasteiger partial charge on any atom is -0.462 e. The Morgan fingerprint density at radius 2 is 0.620 bits per heavy atom. The average Bonchev–Trinajstić information content (AvgIpc) is 2.93. The van der Waals surface area contributed by atoms with Crippen LogP contribution in [0.15, 0.2) is 109 Å². The van der Waals surface area contributed by atoms with Gasteiger partial charge in [0.25, 0.3) is 0 Å². The number of phosphoric ester groups is 2. The highest BCUT2D eigenvalue weighted by Crippen LogP contribution is 2.45. The van der Waals surface area contributed by atoms with Crippen molar-refractivity contribution in [3.63, 3.8) is 0 Å². The summed E-state index contributed by atoms with van der Waals surface area (Å²) in [6, 6.07) is 0. The predicted octanol–water partition coefficient (Wildman–Crippen LogP) is 19.4. The average molecular weight is 1340 g/mol. The molecule has 0 spiro atoms. The topological polar surface area (TPSA) is 237 Å². The van der Waals surface area contributed by atoms with E-state index in [0.717, 1.165) is 141 Å². The Labute approximate surface area is 556 Å².